The van der Waals surface area contributed by atoms with Crippen molar-refractivity contribution in [3.05, 3.63) is 0 Å². The van der Waals surface area contributed by atoms with Gasteiger partial charge in [0.05, 0.1) is 0 Å². The van der Waals surface area contributed by atoms with E-state index in [0.717, 1.165) is 18.7 Å². The summed E-state index contributed by atoms with van der Waals surface area (Å²) in [6.07, 6.45) is 5.01. The Kier molecular flexibility index (Phi) is 4.11. The topological polar surface area (TPSA) is 20.3 Å². The Morgan fingerprint density at radius 2 is 1.93 bits per heavy atom. The number of carbonyl (C=O) groups excluding carboxylic acids is 1. The van der Waals surface area contributed by atoms with Gasteiger partial charge in [0.2, 0.25) is 0 Å². The van der Waals surface area contributed by atoms with Crippen LogP contribution in [0.15, 0.2) is 0 Å². The van der Waals surface area contributed by atoms with Gasteiger partial charge in [0.25, 0.3) is 0 Å². The summed E-state index contributed by atoms with van der Waals surface area (Å²) in [6, 6.07) is 0. The Labute approximate surface area is 87.7 Å². The van der Waals surface area contributed by atoms with E-state index in [4.69, 9.17) is 0 Å². The van der Waals surface area contributed by atoms with Crippen LogP contribution in [0.25, 0.3) is 0 Å². The average Bonchev–Trinajstić information content (AvgIpc) is 2.19. The van der Waals surface area contributed by atoms with Crippen molar-refractivity contribution in [2.45, 2.75) is 40.0 Å². The molecule has 0 aliphatic carbocycles. The minimum absolute atomic E-state index is 0.168. The number of hydrogen-bond donors (Lipinski definition) is 0. The molecule has 0 saturated carbocycles. The molecule has 1 aliphatic rings. The van der Waals surface area contributed by atoms with Crippen molar-refractivity contribution in [2.24, 2.45) is 11.3 Å². The summed E-state index contributed by atoms with van der Waals surface area (Å²) in [5, 5.41) is 0. The largest absolute Gasteiger partial charge is 0.303 e. The third-order valence-electron chi connectivity index (χ3n) is 3.23. The molecule has 0 N–H and O–H groups in total. The van der Waals surface area contributed by atoms with Gasteiger partial charge in [-0.05, 0) is 31.8 Å². The Hall–Kier alpha value is -0.370. The molecular weight excluding hydrogens is 174 g/mol. The lowest BCUT2D eigenvalue weighted by molar-refractivity contribution is -0.115. The van der Waals surface area contributed by atoms with Crippen LogP contribution in [0, 0.1) is 11.3 Å². The summed E-state index contributed by atoms with van der Waals surface area (Å²) in [5.41, 5.74) is -0.168. The lowest BCUT2D eigenvalue weighted by Gasteiger charge is -2.35. The summed E-state index contributed by atoms with van der Waals surface area (Å²) < 4.78 is 0. The second-order valence-electron chi connectivity index (χ2n) is 5.23. The molecule has 1 aliphatic heterocycles. The number of rotatable bonds is 4. The van der Waals surface area contributed by atoms with Gasteiger partial charge in [-0.15, -0.1) is 0 Å². The molecule has 0 unspecified atom stereocenters. The fourth-order valence-electron chi connectivity index (χ4n) is 2.17. The van der Waals surface area contributed by atoms with Gasteiger partial charge >= 0.3 is 0 Å². The van der Waals surface area contributed by atoms with Crippen molar-refractivity contribution in [1.82, 2.24) is 4.90 Å². The van der Waals surface area contributed by atoms with Gasteiger partial charge < -0.3 is 9.69 Å². The van der Waals surface area contributed by atoms with Gasteiger partial charge in [0, 0.05) is 12.0 Å². The number of piperidine rings is 1. The third-order valence-corrected chi connectivity index (χ3v) is 3.23. The normalized spacial score (nSPS) is 21.1. The molecule has 0 aromatic carbocycles. The van der Waals surface area contributed by atoms with Gasteiger partial charge in [-0.25, -0.2) is 0 Å². The Balaban J connectivity index is 2.32. The molecule has 0 aromatic rings. The number of nitrogens with zero attached hydrogens (tertiary/aromatic N) is 1. The zero-order valence-electron chi connectivity index (χ0n) is 9.75. The molecule has 0 spiro atoms. The zero-order valence-corrected chi connectivity index (χ0v) is 9.75. The molecule has 1 heterocycles. The highest BCUT2D eigenvalue weighted by Crippen LogP contribution is 2.22. The van der Waals surface area contributed by atoms with E-state index in [0.29, 0.717) is 0 Å². The molecule has 1 saturated heterocycles. The zero-order chi connectivity index (χ0) is 10.6. The highest BCUT2D eigenvalue weighted by molar-refractivity contribution is 5.58. The van der Waals surface area contributed by atoms with E-state index < -0.39 is 0 Å². The molecule has 1 rings (SSSR count). The van der Waals surface area contributed by atoms with Crippen LogP contribution < -0.4 is 0 Å². The number of likely N-dealkylation sites (tertiary alicyclic amines) is 1. The molecule has 14 heavy (non-hydrogen) atoms. The predicted octanol–water partition coefficient (Wildman–Crippen LogP) is 2.33. The maximum absolute atomic E-state index is 10.8. The number of carbonyl (C=O) groups is 1. The van der Waals surface area contributed by atoms with Crippen molar-refractivity contribution in [2.75, 3.05) is 19.6 Å². The monoisotopic (exact) mass is 197 g/mol. The quantitative estimate of drug-likeness (QED) is 0.645. The maximum Gasteiger partial charge on any atom is 0.126 e. The molecule has 0 radical (unpaired) electrons. The number of hydrogen-bond acceptors (Lipinski definition) is 2. The SMILES string of the molecule is CCC1CCN(CC(C)(C)C=O)CC1. The molecular formula is C12H23NO. The van der Waals surface area contributed by atoms with E-state index in [1.165, 1.54) is 32.4 Å². The second-order valence-corrected chi connectivity index (χ2v) is 5.23. The van der Waals surface area contributed by atoms with Gasteiger partial charge in [-0.1, -0.05) is 27.2 Å². The first-order valence-corrected chi connectivity index (χ1v) is 5.76. The van der Waals surface area contributed by atoms with E-state index in [1.54, 1.807) is 0 Å². The highest BCUT2D eigenvalue weighted by atomic mass is 16.1. The summed E-state index contributed by atoms with van der Waals surface area (Å²) in [7, 11) is 0. The van der Waals surface area contributed by atoms with E-state index in [-0.39, 0.29) is 5.41 Å². The summed E-state index contributed by atoms with van der Waals surface area (Å²) in [4.78, 5) is 13.2. The Bertz CT molecular complexity index is 181. The van der Waals surface area contributed by atoms with E-state index in [2.05, 4.69) is 11.8 Å². The van der Waals surface area contributed by atoms with Crippen LogP contribution >= 0.6 is 0 Å². The van der Waals surface area contributed by atoms with E-state index in [1.807, 2.05) is 13.8 Å². The van der Waals surface area contributed by atoms with Gasteiger partial charge in [-0.3, -0.25) is 0 Å². The van der Waals surface area contributed by atoms with Crippen molar-refractivity contribution in [1.29, 1.82) is 0 Å². The minimum atomic E-state index is -0.168. The van der Waals surface area contributed by atoms with Gasteiger partial charge in [-0.2, -0.15) is 0 Å². The molecule has 0 aromatic heterocycles. The van der Waals surface area contributed by atoms with Crippen LogP contribution in [0.2, 0.25) is 0 Å². The van der Waals surface area contributed by atoms with Crippen molar-refractivity contribution in [3.8, 4) is 0 Å². The molecule has 0 amide bonds. The first-order chi connectivity index (χ1) is 6.57. The Morgan fingerprint density at radius 1 is 1.36 bits per heavy atom. The highest BCUT2D eigenvalue weighted by Gasteiger charge is 2.24. The third kappa shape index (κ3) is 3.41. The van der Waals surface area contributed by atoms with Crippen LogP contribution in [0.1, 0.15) is 40.0 Å². The first-order valence-electron chi connectivity index (χ1n) is 5.76. The molecule has 82 valence electrons. The fourth-order valence-corrected chi connectivity index (χ4v) is 2.17. The molecule has 2 heteroatoms. The smallest absolute Gasteiger partial charge is 0.126 e. The molecule has 0 atom stereocenters. The van der Waals surface area contributed by atoms with Crippen LogP contribution in [0.5, 0.6) is 0 Å². The van der Waals surface area contributed by atoms with Crippen molar-refractivity contribution >= 4 is 6.29 Å². The molecule has 1 fully saturated rings. The summed E-state index contributed by atoms with van der Waals surface area (Å²) in [5.74, 6) is 0.922. The molecule has 2 nitrogen and oxygen atoms in total. The van der Waals surface area contributed by atoms with Gasteiger partial charge in [0.1, 0.15) is 6.29 Å². The van der Waals surface area contributed by atoms with Crippen LogP contribution in [-0.4, -0.2) is 30.8 Å². The Morgan fingerprint density at radius 3 is 2.36 bits per heavy atom. The standard InChI is InChI=1S/C12H23NO/c1-4-11-5-7-13(8-6-11)9-12(2,3)10-14/h10-11H,4-9H2,1-3H3. The van der Waals surface area contributed by atoms with Crippen LogP contribution in [0.3, 0.4) is 0 Å². The van der Waals surface area contributed by atoms with Crippen molar-refractivity contribution < 1.29 is 4.79 Å². The van der Waals surface area contributed by atoms with Crippen molar-refractivity contribution in [3.63, 3.8) is 0 Å². The first kappa shape index (κ1) is 11.7. The van der Waals surface area contributed by atoms with Crippen LogP contribution in [0.4, 0.5) is 0 Å². The second kappa shape index (κ2) is 4.92. The predicted molar refractivity (Wildman–Crippen MR) is 59.3 cm³/mol. The van der Waals surface area contributed by atoms with E-state index in [9.17, 15) is 4.79 Å². The lowest BCUT2D eigenvalue weighted by atomic mass is 9.90. The summed E-state index contributed by atoms with van der Waals surface area (Å²) >= 11 is 0. The average molecular weight is 197 g/mol. The molecule has 0 bridgehead atoms. The summed E-state index contributed by atoms with van der Waals surface area (Å²) in [6.45, 7) is 9.59. The minimum Gasteiger partial charge on any atom is -0.303 e. The van der Waals surface area contributed by atoms with Gasteiger partial charge in [0.15, 0.2) is 0 Å². The maximum atomic E-state index is 10.8. The lowest BCUT2D eigenvalue weighted by Crippen LogP contribution is -2.40. The number of aldehydes is 1. The fraction of sp³-hybridized carbons (Fsp3) is 0.917. The van der Waals surface area contributed by atoms with E-state index >= 15 is 0 Å². The van der Waals surface area contributed by atoms with Crippen LogP contribution in [-0.2, 0) is 4.79 Å².